The second-order valence-corrected chi connectivity index (χ2v) is 8.39. The fourth-order valence-corrected chi connectivity index (χ4v) is 4.52. The number of nitrogens with zero attached hydrogens (tertiary/aromatic N) is 1. The van der Waals surface area contributed by atoms with E-state index in [1.54, 1.807) is 37.3 Å². The van der Waals surface area contributed by atoms with E-state index in [9.17, 15) is 18.0 Å². The molecule has 1 aliphatic rings. The molecule has 0 saturated carbocycles. The van der Waals surface area contributed by atoms with Gasteiger partial charge in [-0.1, -0.05) is 23.7 Å². The number of benzene rings is 1. The number of ether oxygens (including phenoxy) is 1. The normalized spacial score (nSPS) is 19.0. The lowest BCUT2D eigenvalue weighted by Gasteiger charge is -2.26. The molecule has 0 bridgehead atoms. The molecule has 0 aliphatic carbocycles. The summed E-state index contributed by atoms with van der Waals surface area (Å²) in [6.45, 7) is 1.73. The number of hydrogen-bond acceptors (Lipinski definition) is 5. The first-order chi connectivity index (χ1) is 11.8. The van der Waals surface area contributed by atoms with E-state index in [0.717, 1.165) is 5.56 Å². The molecule has 25 heavy (non-hydrogen) atoms. The van der Waals surface area contributed by atoms with Gasteiger partial charge in [-0.15, -0.1) is 0 Å². The van der Waals surface area contributed by atoms with E-state index < -0.39 is 28.3 Å². The van der Waals surface area contributed by atoms with Gasteiger partial charge in [0.05, 0.1) is 11.5 Å². The summed E-state index contributed by atoms with van der Waals surface area (Å²) in [5, 5.41) is 0.596. The maximum Gasteiger partial charge on any atom is 0.331 e. The molecule has 0 N–H and O–H groups in total. The lowest BCUT2D eigenvalue weighted by atomic mass is 10.2. The maximum atomic E-state index is 12.2. The third-order valence-electron chi connectivity index (χ3n) is 3.93. The fourth-order valence-electron chi connectivity index (χ4n) is 2.66. The van der Waals surface area contributed by atoms with Gasteiger partial charge in [0.15, 0.2) is 16.4 Å². The Labute approximate surface area is 152 Å². The molecule has 6 nitrogen and oxygen atoms in total. The van der Waals surface area contributed by atoms with Crippen molar-refractivity contribution in [3.63, 3.8) is 0 Å². The predicted octanol–water partition coefficient (Wildman–Crippen LogP) is 1.93. The molecule has 1 aliphatic heterocycles. The van der Waals surface area contributed by atoms with Crippen molar-refractivity contribution in [1.82, 2.24) is 4.90 Å². The summed E-state index contributed by atoms with van der Waals surface area (Å²) in [7, 11) is -3.08. The van der Waals surface area contributed by atoms with Crippen molar-refractivity contribution in [3.8, 4) is 0 Å². The summed E-state index contributed by atoms with van der Waals surface area (Å²) < 4.78 is 28.1. The molecule has 1 fully saturated rings. The number of esters is 1. The van der Waals surface area contributed by atoms with Crippen LogP contribution in [0.25, 0.3) is 6.08 Å². The highest BCUT2D eigenvalue weighted by Gasteiger charge is 2.34. The van der Waals surface area contributed by atoms with Crippen LogP contribution in [0, 0.1) is 0 Å². The van der Waals surface area contributed by atoms with E-state index in [2.05, 4.69) is 0 Å². The lowest BCUT2D eigenvalue weighted by Crippen LogP contribution is -2.43. The average molecular weight is 386 g/mol. The van der Waals surface area contributed by atoms with Crippen molar-refractivity contribution in [2.24, 2.45) is 0 Å². The molecule has 1 atom stereocenters. The molecule has 0 unspecified atom stereocenters. The highest BCUT2D eigenvalue weighted by atomic mass is 35.5. The quantitative estimate of drug-likeness (QED) is 0.552. The van der Waals surface area contributed by atoms with Crippen LogP contribution in [0.5, 0.6) is 0 Å². The molecular weight excluding hydrogens is 366 g/mol. The zero-order chi connectivity index (χ0) is 18.4. The summed E-state index contributed by atoms with van der Waals surface area (Å²) >= 11 is 5.78. The Balaban J connectivity index is 1.85. The van der Waals surface area contributed by atoms with Gasteiger partial charge in [0, 0.05) is 23.7 Å². The van der Waals surface area contributed by atoms with Gasteiger partial charge in [-0.05, 0) is 37.1 Å². The van der Waals surface area contributed by atoms with Gasteiger partial charge >= 0.3 is 5.97 Å². The Kier molecular flexibility index (Phi) is 6.61. The topological polar surface area (TPSA) is 80.8 Å². The predicted molar refractivity (Wildman–Crippen MR) is 95.9 cm³/mol. The van der Waals surface area contributed by atoms with Crippen LogP contribution in [0.2, 0.25) is 5.02 Å². The van der Waals surface area contributed by atoms with Crippen LogP contribution >= 0.6 is 11.6 Å². The summed E-state index contributed by atoms with van der Waals surface area (Å²) in [5.41, 5.74) is 0.777. The lowest BCUT2D eigenvalue weighted by molar-refractivity contribution is -0.149. The number of sulfone groups is 1. The highest BCUT2D eigenvalue weighted by molar-refractivity contribution is 7.91. The molecule has 1 heterocycles. The second kappa shape index (κ2) is 8.49. The number of carbonyl (C=O) groups is 2. The summed E-state index contributed by atoms with van der Waals surface area (Å²) in [6, 6.07) is 6.55. The number of carbonyl (C=O) groups excluding carboxylic acids is 2. The van der Waals surface area contributed by atoms with Crippen molar-refractivity contribution < 1.29 is 22.7 Å². The standard InChI is InChI=1S/C17H20ClNO5S/c1-2-19(15-9-10-25(22,23)12-15)16(20)11-24-17(21)8-5-13-3-6-14(18)7-4-13/h3-8,15H,2,9-12H2,1H3/b8-5+/t15-/m1/s1. The molecule has 0 aromatic heterocycles. The van der Waals surface area contributed by atoms with Gasteiger partial charge < -0.3 is 9.64 Å². The monoisotopic (exact) mass is 385 g/mol. The Morgan fingerprint density at radius 3 is 2.56 bits per heavy atom. The van der Waals surface area contributed by atoms with Gasteiger partial charge in [0.1, 0.15) is 0 Å². The first-order valence-electron chi connectivity index (χ1n) is 7.91. The van der Waals surface area contributed by atoms with E-state index in [1.165, 1.54) is 11.0 Å². The van der Waals surface area contributed by atoms with E-state index in [-0.39, 0.29) is 17.5 Å². The van der Waals surface area contributed by atoms with Gasteiger partial charge in [-0.25, -0.2) is 13.2 Å². The van der Waals surface area contributed by atoms with Crippen molar-refractivity contribution in [1.29, 1.82) is 0 Å². The van der Waals surface area contributed by atoms with Crippen LogP contribution in [0.1, 0.15) is 18.9 Å². The Hall–Kier alpha value is -1.86. The Bertz CT molecular complexity index is 758. The van der Waals surface area contributed by atoms with Crippen LogP contribution in [0.4, 0.5) is 0 Å². The summed E-state index contributed by atoms with van der Waals surface area (Å²) in [6.07, 6.45) is 3.21. The van der Waals surface area contributed by atoms with Crippen LogP contribution in [0.15, 0.2) is 30.3 Å². The molecule has 1 amide bonds. The van der Waals surface area contributed by atoms with Crippen LogP contribution in [-0.2, 0) is 24.2 Å². The molecular formula is C17H20ClNO5S. The van der Waals surface area contributed by atoms with E-state index in [0.29, 0.717) is 18.0 Å². The Morgan fingerprint density at radius 2 is 2.00 bits per heavy atom. The molecule has 1 saturated heterocycles. The minimum absolute atomic E-state index is 0.0308. The molecule has 2 rings (SSSR count). The smallest absolute Gasteiger partial charge is 0.331 e. The fraction of sp³-hybridized carbons (Fsp3) is 0.412. The molecule has 1 aromatic rings. The highest BCUT2D eigenvalue weighted by Crippen LogP contribution is 2.18. The second-order valence-electron chi connectivity index (χ2n) is 5.73. The van der Waals surface area contributed by atoms with Gasteiger partial charge in [-0.2, -0.15) is 0 Å². The van der Waals surface area contributed by atoms with E-state index >= 15 is 0 Å². The van der Waals surface area contributed by atoms with Crippen molar-refractivity contribution in [2.75, 3.05) is 24.7 Å². The van der Waals surface area contributed by atoms with Crippen LogP contribution in [-0.4, -0.2) is 55.9 Å². The summed E-state index contributed by atoms with van der Waals surface area (Å²) in [4.78, 5) is 25.4. The van der Waals surface area contributed by atoms with Crippen LogP contribution < -0.4 is 0 Å². The third-order valence-corrected chi connectivity index (χ3v) is 5.93. The van der Waals surface area contributed by atoms with Gasteiger partial charge in [0.2, 0.25) is 0 Å². The number of amides is 1. The van der Waals surface area contributed by atoms with Crippen molar-refractivity contribution >= 4 is 39.4 Å². The first kappa shape index (κ1) is 19.5. The largest absolute Gasteiger partial charge is 0.452 e. The SMILES string of the molecule is CCN(C(=O)COC(=O)/C=C/c1ccc(Cl)cc1)[C@@H]1CCS(=O)(=O)C1. The average Bonchev–Trinajstić information content (AvgIpc) is 2.92. The van der Waals surface area contributed by atoms with Gasteiger partial charge in [0.25, 0.3) is 5.91 Å². The minimum atomic E-state index is -3.08. The number of rotatable bonds is 6. The van der Waals surface area contributed by atoms with Crippen LogP contribution in [0.3, 0.4) is 0 Å². The third kappa shape index (κ3) is 5.86. The van der Waals surface area contributed by atoms with Gasteiger partial charge in [-0.3, -0.25) is 4.79 Å². The zero-order valence-corrected chi connectivity index (χ0v) is 15.4. The van der Waals surface area contributed by atoms with E-state index in [4.69, 9.17) is 16.3 Å². The van der Waals surface area contributed by atoms with E-state index in [1.807, 2.05) is 0 Å². The molecule has 0 radical (unpaired) electrons. The van der Waals surface area contributed by atoms with Crippen molar-refractivity contribution in [3.05, 3.63) is 40.9 Å². The van der Waals surface area contributed by atoms with Crippen molar-refractivity contribution in [2.45, 2.75) is 19.4 Å². The number of likely N-dealkylation sites (N-methyl/N-ethyl adjacent to an activating group) is 1. The molecule has 136 valence electrons. The Morgan fingerprint density at radius 1 is 1.32 bits per heavy atom. The summed E-state index contributed by atoms with van der Waals surface area (Å²) in [5.74, 6) is -0.974. The zero-order valence-electron chi connectivity index (χ0n) is 13.9. The number of hydrogen-bond donors (Lipinski definition) is 0. The first-order valence-corrected chi connectivity index (χ1v) is 10.1. The maximum absolute atomic E-state index is 12.2. The molecule has 1 aromatic carbocycles. The molecule has 0 spiro atoms. The number of halogens is 1. The minimum Gasteiger partial charge on any atom is -0.452 e. The molecule has 8 heteroatoms.